The Balaban J connectivity index is 2.17. The third-order valence-corrected chi connectivity index (χ3v) is 3.32. The summed E-state index contributed by atoms with van der Waals surface area (Å²) in [6, 6.07) is 6.02. The van der Waals surface area contributed by atoms with Crippen molar-refractivity contribution in [2.45, 2.75) is 25.4 Å². The van der Waals surface area contributed by atoms with E-state index in [0.717, 1.165) is 0 Å². The zero-order chi connectivity index (χ0) is 16.8. The quantitative estimate of drug-likeness (QED) is 0.284. The van der Waals surface area contributed by atoms with Gasteiger partial charge in [0.05, 0.1) is 10.6 Å². The van der Waals surface area contributed by atoms with Gasteiger partial charge in [-0.15, -0.1) is 15.0 Å². The number of non-ortho nitro benzene ring substituents is 1. The van der Waals surface area contributed by atoms with Crippen molar-refractivity contribution in [2.75, 3.05) is 11.7 Å². The molecule has 0 aliphatic heterocycles. The molecule has 2 rings (SSSR count). The number of hydrogen-bond acceptors (Lipinski definition) is 8. The van der Waals surface area contributed by atoms with Gasteiger partial charge in [-0.25, -0.2) is 0 Å². The SMILES string of the molecule is CSc1nnn(/C(CC(C)C)=N/Nc2ccc([N+](=O)[O-])cc2)n1. The van der Waals surface area contributed by atoms with E-state index < -0.39 is 4.92 Å². The van der Waals surface area contributed by atoms with Crippen LogP contribution in [0.2, 0.25) is 0 Å². The van der Waals surface area contributed by atoms with Crippen molar-refractivity contribution in [1.82, 2.24) is 20.2 Å². The number of nitrogens with zero attached hydrogens (tertiary/aromatic N) is 6. The highest BCUT2D eigenvalue weighted by Gasteiger charge is 2.11. The lowest BCUT2D eigenvalue weighted by Crippen LogP contribution is -2.19. The number of nitrogens with one attached hydrogen (secondary N) is 1. The van der Waals surface area contributed by atoms with Gasteiger partial charge in [-0.2, -0.15) is 5.10 Å². The maximum Gasteiger partial charge on any atom is 0.269 e. The van der Waals surface area contributed by atoms with Crippen LogP contribution >= 0.6 is 11.8 Å². The molecule has 10 heteroatoms. The van der Waals surface area contributed by atoms with E-state index in [9.17, 15) is 10.1 Å². The van der Waals surface area contributed by atoms with Crippen molar-refractivity contribution >= 4 is 29.0 Å². The first-order chi connectivity index (χ1) is 11.0. The molecular weight excluding hydrogens is 318 g/mol. The average molecular weight is 335 g/mol. The van der Waals surface area contributed by atoms with Crippen LogP contribution in [0.4, 0.5) is 11.4 Å². The van der Waals surface area contributed by atoms with E-state index in [1.807, 2.05) is 6.26 Å². The molecule has 1 aromatic heterocycles. The molecule has 0 aliphatic carbocycles. The van der Waals surface area contributed by atoms with E-state index >= 15 is 0 Å². The van der Waals surface area contributed by atoms with Gasteiger partial charge < -0.3 is 0 Å². The summed E-state index contributed by atoms with van der Waals surface area (Å²) in [6.07, 6.45) is 2.53. The molecule has 0 spiro atoms. The standard InChI is InChI=1S/C13H17N7O2S/c1-9(2)8-12(19-17-13(23-3)16-18-19)15-14-10-4-6-11(7-5-10)20(21)22/h4-7,9,14H,8H2,1-3H3/b15-12+. The van der Waals surface area contributed by atoms with E-state index in [1.54, 1.807) is 12.1 Å². The van der Waals surface area contributed by atoms with Crippen LogP contribution in [0.5, 0.6) is 0 Å². The maximum absolute atomic E-state index is 10.6. The van der Waals surface area contributed by atoms with Crippen LogP contribution in [0.1, 0.15) is 20.3 Å². The molecule has 1 aromatic carbocycles. The molecule has 0 bridgehead atoms. The summed E-state index contributed by atoms with van der Waals surface area (Å²) in [6.45, 7) is 4.13. The van der Waals surface area contributed by atoms with Crippen LogP contribution in [0, 0.1) is 16.0 Å². The van der Waals surface area contributed by atoms with Crippen LogP contribution in [-0.4, -0.2) is 37.2 Å². The Morgan fingerprint density at radius 2 is 2.13 bits per heavy atom. The molecule has 0 aliphatic rings. The third kappa shape index (κ3) is 4.74. The summed E-state index contributed by atoms with van der Waals surface area (Å²) in [5, 5.41) is 27.6. The van der Waals surface area contributed by atoms with E-state index in [1.165, 1.54) is 28.7 Å². The number of anilines is 1. The fourth-order valence-corrected chi connectivity index (χ4v) is 1.99. The van der Waals surface area contributed by atoms with E-state index in [2.05, 4.69) is 39.8 Å². The zero-order valence-corrected chi connectivity index (χ0v) is 13.8. The van der Waals surface area contributed by atoms with Crippen molar-refractivity contribution in [3.05, 3.63) is 34.4 Å². The van der Waals surface area contributed by atoms with E-state index in [0.29, 0.717) is 29.0 Å². The lowest BCUT2D eigenvalue weighted by molar-refractivity contribution is -0.384. The summed E-state index contributed by atoms with van der Waals surface area (Å²) in [7, 11) is 0. The summed E-state index contributed by atoms with van der Waals surface area (Å²) < 4.78 is 0. The molecule has 1 heterocycles. The summed E-state index contributed by atoms with van der Waals surface area (Å²) in [5.41, 5.74) is 3.54. The van der Waals surface area contributed by atoms with Crippen LogP contribution in [0.25, 0.3) is 0 Å². The highest BCUT2D eigenvalue weighted by molar-refractivity contribution is 7.98. The Morgan fingerprint density at radius 3 is 2.65 bits per heavy atom. The first-order valence-corrected chi connectivity index (χ1v) is 8.13. The van der Waals surface area contributed by atoms with Gasteiger partial charge in [0.2, 0.25) is 5.16 Å². The molecule has 23 heavy (non-hydrogen) atoms. The van der Waals surface area contributed by atoms with Gasteiger partial charge in [0.25, 0.3) is 5.69 Å². The van der Waals surface area contributed by atoms with Gasteiger partial charge in [-0.1, -0.05) is 25.6 Å². The Bertz CT molecular complexity index is 697. The zero-order valence-electron chi connectivity index (χ0n) is 13.0. The summed E-state index contributed by atoms with van der Waals surface area (Å²) >= 11 is 1.40. The lowest BCUT2D eigenvalue weighted by Gasteiger charge is -2.08. The van der Waals surface area contributed by atoms with Gasteiger partial charge in [-0.05, 0) is 29.5 Å². The number of tetrazole rings is 1. The summed E-state index contributed by atoms with van der Waals surface area (Å²) in [5.74, 6) is 0.974. The predicted molar refractivity (Wildman–Crippen MR) is 88.6 cm³/mol. The molecule has 0 fully saturated rings. The van der Waals surface area contributed by atoms with E-state index in [-0.39, 0.29) is 5.69 Å². The topological polar surface area (TPSA) is 111 Å². The van der Waals surface area contributed by atoms with Crippen LogP contribution in [0.15, 0.2) is 34.5 Å². The number of hydrazone groups is 1. The molecule has 1 N–H and O–H groups in total. The molecule has 0 amide bonds. The Labute approximate surface area is 137 Å². The molecule has 0 unspecified atom stereocenters. The molecule has 2 aromatic rings. The van der Waals surface area contributed by atoms with Crippen molar-refractivity contribution in [3.8, 4) is 0 Å². The third-order valence-electron chi connectivity index (χ3n) is 2.79. The first-order valence-electron chi connectivity index (χ1n) is 6.91. The second-order valence-electron chi connectivity index (χ2n) is 5.11. The number of nitro benzene ring substituents is 1. The molecule has 122 valence electrons. The molecule has 9 nitrogen and oxygen atoms in total. The number of benzene rings is 1. The Hall–Kier alpha value is -2.49. The lowest BCUT2D eigenvalue weighted by atomic mass is 10.1. The van der Waals surface area contributed by atoms with Gasteiger partial charge in [-0.3, -0.25) is 15.5 Å². The van der Waals surface area contributed by atoms with Gasteiger partial charge in [0.15, 0.2) is 5.84 Å². The van der Waals surface area contributed by atoms with Crippen LogP contribution < -0.4 is 5.43 Å². The number of thioether (sulfide) groups is 1. The van der Waals surface area contributed by atoms with Crippen molar-refractivity contribution < 1.29 is 4.92 Å². The second-order valence-corrected chi connectivity index (χ2v) is 5.88. The smallest absolute Gasteiger partial charge is 0.269 e. The van der Waals surface area contributed by atoms with E-state index in [4.69, 9.17) is 0 Å². The second kappa shape index (κ2) is 7.68. The largest absolute Gasteiger partial charge is 0.277 e. The molecule has 0 saturated carbocycles. The minimum absolute atomic E-state index is 0.0319. The first kappa shape index (κ1) is 16.9. The highest BCUT2D eigenvalue weighted by atomic mass is 32.2. The van der Waals surface area contributed by atoms with Crippen molar-refractivity contribution in [2.24, 2.45) is 11.0 Å². The molecule has 0 radical (unpaired) electrons. The van der Waals surface area contributed by atoms with Crippen molar-refractivity contribution in [1.29, 1.82) is 0 Å². The minimum atomic E-state index is -0.444. The summed E-state index contributed by atoms with van der Waals surface area (Å²) in [4.78, 5) is 11.6. The molecule has 0 atom stereocenters. The molecular formula is C13H17N7O2S. The normalized spacial score (nSPS) is 11.7. The minimum Gasteiger partial charge on any atom is -0.277 e. The number of aromatic nitrogens is 4. The van der Waals surface area contributed by atoms with Gasteiger partial charge in [0.1, 0.15) is 0 Å². The van der Waals surface area contributed by atoms with Crippen LogP contribution in [-0.2, 0) is 0 Å². The number of rotatable bonds is 6. The maximum atomic E-state index is 10.6. The van der Waals surface area contributed by atoms with Crippen LogP contribution in [0.3, 0.4) is 0 Å². The fourth-order valence-electron chi connectivity index (χ4n) is 1.72. The monoisotopic (exact) mass is 335 g/mol. The van der Waals surface area contributed by atoms with Crippen molar-refractivity contribution in [3.63, 3.8) is 0 Å². The Morgan fingerprint density at radius 1 is 1.43 bits per heavy atom. The molecule has 0 saturated heterocycles. The van der Waals surface area contributed by atoms with Gasteiger partial charge in [0, 0.05) is 18.6 Å². The number of nitro groups is 1. The highest BCUT2D eigenvalue weighted by Crippen LogP contribution is 2.15. The number of hydrogen-bond donors (Lipinski definition) is 1. The fraction of sp³-hybridized carbons (Fsp3) is 0.385. The Kier molecular flexibility index (Phi) is 5.63. The van der Waals surface area contributed by atoms with Gasteiger partial charge >= 0.3 is 0 Å². The predicted octanol–water partition coefficient (Wildman–Crippen LogP) is 2.62. The average Bonchev–Trinajstić information content (AvgIpc) is 3.00.